The van der Waals surface area contributed by atoms with E-state index < -0.39 is 11.9 Å². The molecule has 0 spiro atoms. The molecule has 2 heterocycles. The largest absolute Gasteiger partial charge is 0.452 e. The number of fused-ring (bicyclic) bond motifs is 1. The molecule has 0 bridgehead atoms. The summed E-state index contributed by atoms with van der Waals surface area (Å²) in [4.78, 5) is 32.3. The van der Waals surface area contributed by atoms with Crippen molar-refractivity contribution in [3.05, 3.63) is 81.2 Å². The molecule has 2 aromatic carbocycles. The van der Waals surface area contributed by atoms with Crippen molar-refractivity contribution in [2.75, 3.05) is 25.5 Å². The highest BCUT2D eigenvalue weighted by molar-refractivity contribution is 7.16. The zero-order valence-corrected chi connectivity index (χ0v) is 19.8. The number of ether oxygens (including phenoxy) is 1. The molecule has 1 amide bonds. The summed E-state index contributed by atoms with van der Waals surface area (Å²) in [6, 6.07) is 16.4. The molecule has 3 aromatic rings. The lowest BCUT2D eigenvalue weighted by molar-refractivity contribution is -0.119. The highest BCUT2D eigenvalue weighted by Crippen LogP contribution is 2.38. The molecule has 0 fully saturated rings. The van der Waals surface area contributed by atoms with Crippen LogP contribution in [-0.4, -0.2) is 43.2 Å². The normalized spacial score (nSPS) is 13.3. The van der Waals surface area contributed by atoms with Crippen LogP contribution in [0.2, 0.25) is 0 Å². The number of nitriles is 1. The molecule has 34 heavy (non-hydrogen) atoms. The topological polar surface area (TPSA) is 94.8 Å². The number of benzene rings is 2. The summed E-state index contributed by atoms with van der Waals surface area (Å²) in [5, 5.41) is 13.0. The van der Waals surface area contributed by atoms with E-state index in [9.17, 15) is 14.9 Å². The molecule has 8 heteroatoms. The molecule has 0 saturated heterocycles. The Morgan fingerprint density at radius 1 is 1.21 bits per heavy atom. The number of aliphatic imine (C=N–C) groups is 1. The second-order valence-corrected chi connectivity index (χ2v) is 9.24. The highest BCUT2D eigenvalue weighted by atomic mass is 32.1. The number of carbonyl (C=O) groups is 2. The Kier molecular flexibility index (Phi) is 7.16. The van der Waals surface area contributed by atoms with E-state index in [2.05, 4.69) is 28.3 Å². The molecule has 1 N–H and O–H groups in total. The number of hydrogen-bond acceptors (Lipinski definition) is 7. The lowest BCUT2D eigenvalue weighted by atomic mass is 10.0. The van der Waals surface area contributed by atoms with Gasteiger partial charge in [-0.2, -0.15) is 5.26 Å². The van der Waals surface area contributed by atoms with E-state index in [1.165, 1.54) is 4.88 Å². The molecule has 0 radical (unpaired) electrons. The fourth-order valence-electron chi connectivity index (χ4n) is 3.61. The van der Waals surface area contributed by atoms with Gasteiger partial charge in [-0.3, -0.25) is 4.79 Å². The van der Waals surface area contributed by atoms with Gasteiger partial charge in [-0.1, -0.05) is 29.8 Å². The van der Waals surface area contributed by atoms with Crippen molar-refractivity contribution < 1.29 is 14.3 Å². The molecule has 1 aromatic heterocycles. The van der Waals surface area contributed by atoms with Crippen LogP contribution in [-0.2, 0) is 22.5 Å². The number of esters is 1. The van der Waals surface area contributed by atoms with Crippen molar-refractivity contribution in [1.82, 2.24) is 4.90 Å². The Bertz CT molecular complexity index is 1270. The average Bonchev–Trinajstić information content (AvgIpc) is 3.19. The van der Waals surface area contributed by atoms with Gasteiger partial charge in [-0.25, -0.2) is 9.79 Å². The predicted molar refractivity (Wildman–Crippen MR) is 133 cm³/mol. The van der Waals surface area contributed by atoms with Crippen LogP contribution in [0, 0.1) is 18.3 Å². The minimum atomic E-state index is -0.579. The maximum absolute atomic E-state index is 12.3. The number of nitrogens with zero attached hydrogens (tertiary/aromatic N) is 3. The number of carbonyl (C=O) groups excluding carboxylic acids is 2. The fraction of sp³-hybridized carbons (Fsp3) is 0.231. The Hall–Kier alpha value is -3.80. The summed E-state index contributed by atoms with van der Waals surface area (Å²) >= 11 is 1.55. The van der Waals surface area contributed by atoms with Crippen LogP contribution in [0.3, 0.4) is 0 Å². The number of nitrogens with one attached hydrogen (secondary N) is 1. The van der Waals surface area contributed by atoms with E-state index in [1.807, 2.05) is 19.1 Å². The number of thiophene rings is 1. The van der Waals surface area contributed by atoms with Crippen molar-refractivity contribution in [1.29, 1.82) is 5.26 Å². The van der Waals surface area contributed by atoms with E-state index in [-0.39, 0.29) is 6.61 Å². The van der Waals surface area contributed by atoms with Gasteiger partial charge in [0.1, 0.15) is 11.1 Å². The second kappa shape index (κ2) is 10.4. The minimum Gasteiger partial charge on any atom is -0.452 e. The lowest BCUT2D eigenvalue weighted by Crippen LogP contribution is -2.25. The van der Waals surface area contributed by atoms with Gasteiger partial charge < -0.3 is 15.0 Å². The van der Waals surface area contributed by atoms with E-state index >= 15 is 0 Å². The van der Waals surface area contributed by atoms with Crippen LogP contribution in [0.4, 0.5) is 10.7 Å². The first-order chi connectivity index (χ1) is 16.4. The summed E-state index contributed by atoms with van der Waals surface area (Å²) in [5.74, 6) is -0.983. The number of hydrogen-bond donors (Lipinski definition) is 1. The Balaban J connectivity index is 1.34. The summed E-state index contributed by atoms with van der Waals surface area (Å²) in [6.45, 7) is 3.36. The van der Waals surface area contributed by atoms with Gasteiger partial charge in [0.15, 0.2) is 6.61 Å². The molecule has 1 aliphatic rings. The van der Waals surface area contributed by atoms with Gasteiger partial charge in [0.2, 0.25) is 0 Å². The molecular formula is C26H24N4O3S. The minimum absolute atomic E-state index is 0.340. The summed E-state index contributed by atoms with van der Waals surface area (Å²) in [7, 11) is 2.07. The Morgan fingerprint density at radius 3 is 2.65 bits per heavy atom. The zero-order chi connectivity index (χ0) is 24.1. The van der Waals surface area contributed by atoms with Gasteiger partial charge in [0, 0.05) is 29.9 Å². The first-order valence-corrected chi connectivity index (χ1v) is 11.7. The van der Waals surface area contributed by atoms with Gasteiger partial charge in [0.25, 0.3) is 5.91 Å². The first kappa shape index (κ1) is 23.4. The monoisotopic (exact) mass is 472 g/mol. The van der Waals surface area contributed by atoms with Crippen LogP contribution in [0.5, 0.6) is 0 Å². The molecule has 172 valence electrons. The standard InChI is InChI=1S/C26H24N4O3S/c1-17-3-9-20(10-4-17)29-24(31)16-33-26(32)19-7-5-18(6-8-19)14-28-25-22(13-27)21-11-12-30(2)15-23(21)34-25/h3-10,14H,11-12,15-16H2,1-2H3,(H,29,31). The summed E-state index contributed by atoms with van der Waals surface area (Å²) in [5.41, 5.74) is 4.64. The van der Waals surface area contributed by atoms with Crippen LogP contribution in [0.15, 0.2) is 53.5 Å². The van der Waals surface area contributed by atoms with E-state index in [0.29, 0.717) is 21.8 Å². The van der Waals surface area contributed by atoms with Gasteiger partial charge >= 0.3 is 5.97 Å². The first-order valence-electron chi connectivity index (χ1n) is 10.8. The molecule has 0 saturated carbocycles. The summed E-state index contributed by atoms with van der Waals surface area (Å²) < 4.78 is 5.12. The van der Waals surface area contributed by atoms with Crippen LogP contribution < -0.4 is 5.32 Å². The smallest absolute Gasteiger partial charge is 0.338 e. The predicted octanol–water partition coefficient (Wildman–Crippen LogP) is 4.46. The molecule has 7 nitrogen and oxygen atoms in total. The zero-order valence-electron chi connectivity index (χ0n) is 19.0. The lowest BCUT2D eigenvalue weighted by Gasteiger charge is -2.21. The van der Waals surface area contributed by atoms with Crippen molar-refractivity contribution in [2.45, 2.75) is 19.9 Å². The molecule has 0 aliphatic carbocycles. The molecule has 1 aliphatic heterocycles. The SMILES string of the molecule is Cc1ccc(NC(=O)COC(=O)c2ccc(C=Nc3sc4c(c3C#N)CCN(C)C4)cc2)cc1. The number of anilines is 1. The average molecular weight is 473 g/mol. The van der Waals surface area contributed by atoms with Crippen molar-refractivity contribution in [2.24, 2.45) is 4.99 Å². The Morgan fingerprint density at radius 2 is 1.94 bits per heavy atom. The third-order valence-electron chi connectivity index (χ3n) is 5.49. The van der Waals surface area contributed by atoms with Gasteiger partial charge in [0.05, 0.1) is 11.1 Å². The Labute approximate surface area is 202 Å². The molecular weight excluding hydrogens is 448 g/mol. The van der Waals surface area contributed by atoms with Gasteiger partial charge in [-0.15, -0.1) is 11.3 Å². The maximum atomic E-state index is 12.3. The second-order valence-electron chi connectivity index (χ2n) is 8.15. The van der Waals surface area contributed by atoms with E-state index in [0.717, 1.165) is 36.2 Å². The van der Waals surface area contributed by atoms with Gasteiger partial charge in [-0.05, 0) is 55.8 Å². The molecule has 4 rings (SSSR count). The summed E-state index contributed by atoms with van der Waals surface area (Å²) in [6.07, 6.45) is 2.55. The molecule has 0 atom stereocenters. The van der Waals surface area contributed by atoms with E-state index in [4.69, 9.17) is 4.74 Å². The quantitative estimate of drug-likeness (QED) is 0.422. The fourth-order valence-corrected chi connectivity index (χ4v) is 4.83. The number of aryl methyl sites for hydroxylation is 1. The van der Waals surface area contributed by atoms with E-state index in [1.54, 1.807) is 53.9 Å². The van der Waals surface area contributed by atoms with Crippen LogP contribution in [0.1, 0.15) is 37.5 Å². The van der Waals surface area contributed by atoms with Crippen molar-refractivity contribution in [3.63, 3.8) is 0 Å². The maximum Gasteiger partial charge on any atom is 0.338 e. The van der Waals surface area contributed by atoms with Crippen molar-refractivity contribution >= 4 is 40.1 Å². The highest BCUT2D eigenvalue weighted by Gasteiger charge is 2.22. The third kappa shape index (κ3) is 5.57. The van der Waals surface area contributed by atoms with Crippen molar-refractivity contribution in [3.8, 4) is 6.07 Å². The van der Waals surface area contributed by atoms with Crippen LogP contribution in [0.25, 0.3) is 0 Å². The number of likely N-dealkylation sites (N-methyl/N-ethyl adjacent to an activating group) is 1. The number of amides is 1. The molecule has 0 unspecified atom stereocenters. The third-order valence-corrected chi connectivity index (χ3v) is 6.61. The van der Waals surface area contributed by atoms with Crippen LogP contribution >= 0.6 is 11.3 Å². The number of rotatable bonds is 6.